The first-order valence-corrected chi connectivity index (χ1v) is 6.80. The van der Waals surface area contributed by atoms with Crippen molar-refractivity contribution in [2.75, 3.05) is 19.5 Å². The number of ether oxygens (including phenoxy) is 2. The maximum absolute atomic E-state index is 12.2. The van der Waals surface area contributed by atoms with Crippen molar-refractivity contribution in [2.24, 2.45) is 11.8 Å². The maximum atomic E-state index is 12.2. The summed E-state index contributed by atoms with van der Waals surface area (Å²) in [6.07, 6.45) is 0.794. The van der Waals surface area contributed by atoms with Crippen LogP contribution in [0.3, 0.4) is 0 Å². The molecule has 114 valence electrons. The van der Waals surface area contributed by atoms with Crippen LogP contribution in [-0.4, -0.2) is 31.2 Å². The molecule has 0 fully saturated rings. The lowest BCUT2D eigenvalue weighted by molar-refractivity contribution is -0.146. The molecule has 2 N–H and O–H groups in total. The fraction of sp³-hybridized carbons (Fsp3) is 0.467. The fourth-order valence-corrected chi connectivity index (χ4v) is 2.72. The highest BCUT2D eigenvalue weighted by Crippen LogP contribution is 2.38. The van der Waals surface area contributed by atoms with Crippen molar-refractivity contribution in [3.63, 3.8) is 0 Å². The molecule has 1 heterocycles. The Hall–Kier alpha value is -2.24. The zero-order valence-electron chi connectivity index (χ0n) is 12.3. The molecule has 2 atom stereocenters. The number of hydrogen-bond donors (Lipinski definition) is 2. The van der Waals surface area contributed by atoms with Crippen molar-refractivity contribution >= 4 is 17.6 Å². The number of carbonyl (C=O) groups is 2. The first-order chi connectivity index (χ1) is 10.0. The van der Waals surface area contributed by atoms with Crippen molar-refractivity contribution < 1.29 is 24.2 Å². The van der Waals surface area contributed by atoms with Crippen LogP contribution in [0.4, 0.5) is 5.69 Å². The van der Waals surface area contributed by atoms with E-state index < -0.39 is 17.8 Å². The molecule has 6 heteroatoms. The Balaban J connectivity index is 2.38. The van der Waals surface area contributed by atoms with E-state index in [1.165, 1.54) is 14.2 Å². The van der Waals surface area contributed by atoms with Gasteiger partial charge in [0.1, 0.15) is 0 Å². The number of carbonyl (C=O) groups excluding carboxylic acids is 1. The number of carboxylic acids is 1. The van der Waals surface area contributed by atoms with Crippen LogP contribution in [0.1, 0.15) is 18.9 Å². The maximum Gasteiger partial charge on any atom is 0.307 e. The van der Waals surface area contributed by atoms with E-state index in [9.17, 15) is 14.7 Å². The third-order valence-corrected chi connectivity index (χ3v) is 3.89. The predicted molar refractivity (Wildman–Crippen MR) is 76.8 cm³/mol. The Bertz CT molecular complexity index is 569. The lowest BCUT2D eigenvalue weighted by atomic mass is 9.81. The third-order valence-electron chi connectivity index (χ3n) is 3.89. The Kier molecular flexibility index (Phi) is 4.35. The monoisotopic (exact) mass is 293 g/mol. The largest absolute Gasteiger partial charge is 0.493 e. The second-order valence-electron chi connectivity index (χ2n) is 5.02. The number of rotatable bonds is 5. The van der Waals surface area contributed by atoms with Gasteiger partial charge in [-0.3, -0.25) is 9.59 Å². The van der Waals surface area contributed by atoms with E-state index in [-0.39, 0.29) is 5.91 Å². The summed E-state index contributed by atoms with van der Waals surface area (Å²) in [5.74, 6) is -1.37. The van der Waals surface area contributed by atoms with Gasteiger partial charge in [-0.25, -0.2) is 0 Å². The first kappa shape index (κ1) is 15.2. The van der Waals surface area contributed by atoms with E-state index in [2.05, 4.69) is 5.32 Å². The molecule has 1 aromatic carbocycles. The first-order valence-electron chi connectivity index (χ1n) is 6.80. The number of amides is 1. The van der Waals surface area contributed by atoms with Crippen LogP contribution in [0.2, 0.25) is 0 Å². The van der Waals surface area contributed by atoms with Crippen LogP contribution < -0.4 is 14.8 Å². The van der Waals surface area contributed by atoms with E-state index in [1.54, 1.807) is 19.1 Å². The molecule has 2 rings (SSSR count). The standard InChI is InChI=1S/C15H19NO5/c1-4-9(15(18)19)10-5-8-6-12(20-2)13(21-3)7-11(8)16-14(10)17/h6-7,9-10H,4-5H2,1-3H3,(H,16,17)(H,18,19). The highest BCUT2D eigenvalue weighted by Gasteiger charge is 2.36. The summed E-state index contributed by atoms with van der Waals surface area (Å²) in [5.41, 5.74) is 1.51. The highest BCUT2D eigenvalue weighted by molar-refractivity contribution is 5.98. The second kappa shape index (κ2) is 6.03. The van der Waals surface area contributed by atoms with Crippen molar-refractivity contribution in [1.82, 2.24) is 0 Å². The van der Waals surface area contributed by atoms with E-state index in [1.807, 2.05) is 0 Å². The SMILES string of the molecule is CCC(C(=O)O)C1Cc2cc(OC)c(OC)cc2NC1=O. The van der Waals surface area contributed by atoms with Crippen molar-refractivity contribution in [3.05, 3.63) is 17.7 Å². The van der Waals surface area contributed by atoms with Gasteiger partial charge in [-0.15, -0.1) is 0 Å². The molecule has 0 radical (unpaired) electrons. The number of hydrogen-bond acceptors (Lipinski definition) is 4. The average Bonchev–Trinajstić information content (AvgIpc) is 2.46. The molecule has 0 saturated carbocycles. The Morgan fingerprint density at radius 1 is 1.38 bits per heavy atom. The molecule has 1 aliphatic heterocycles. The van der Waals surface area contributed by atoms with Crippen LogP contribution in [0.5, 0.6) is 11.5 Å². The van der Waals surface area contributed by atoms with Crippen molar-refractivity contribution in [2.45, 2.75) is 19.8 Å². The van der Waals surface area contributed by atoms with Crippen LogP contribution in [0, 0.1) is 11.8 Å². The minimum atomic E-state index is -0.943. The number of carboxylic acid groups (broad SMARTS) is 1. The van der Waals surface area contributed by atoms with Crippen LogP contribution in [0.25, 0.3) is 0 Å². The molecule has 1 amide bonds. The summed E-state index contributed by atoms with van der Waals surface area (Å²) in [6, 6.07) is 3.49. The minimum absolute atomic E-state index is 0.260. The molecule has 0 aromatic heterocycles. The lowest BCUT2D eigenvalue weighted by Crippen LogP contribution is -2.38. The minimum Gasteiger partial charge on any atom is -0.493 e. The molecule has 0 aliphatic carbocycles. The molecular formula is C15H19NO5. The lowest BCUT2D eigenvalue weighted by Gasteiger charge is -2.29. The predicted octanol–water partition coefficient (Wildman–Crippen LogP) is 1.93. The average molecular weight is 293 g/mol. The van der Waals surface area contributed by atoms with Crippen LogP contribution >= 0.6 is 0 Å². The summed E-state index contributed by atoms with van der Waals surface area (Å²) in [7, 11) is 3.06. The summed E-state index contributed by atoms with van der Waals surface area (Å²) in [4.78, 5) is 23.5. The summed E-state index contributed by atoms with van der Waals surface area (Å²) < 4.78 is 10.4. The van der Waals surface area contributed by atoms with Gasteiger partial charge >= 0.3 is 5.97 Å². The van der Waals surface area contributed by atoms with Gasteiger partial charge in [0, 0.05) is 11.8 Å². The summed E-state index contributed by atoms with van der Waals surface area (Å²) in [6.45, 7) is 1.77. The summed E-state index contributed by atoms with van der Waals surface area (Å²) >= 11 is 0. The number of fused-ring (bicyclic) bond motifs is 1. The van der Waals surface area contributed by atoms with Gasteiger partial charge in [0.25, 0.3) is 0 Å². The van der Waals surface area contributed by atoms with Gasteiger partial charge in [0.05, 0.1) is 26.1 Å². The summed E-state index contributed by atoms with van der Waals surface area (Å²) in [5, 5.41) is 12.0. The quantitative estimate of drug-likeness (QED) is 0.866. The number of anilines is 1. The number of nitrogens with one attached hydrogen (secondary N) is 1. The molecule has 0 spiro atoms. The fourth-order valence-electron chi connectivity index (χ4n) is 2.72. The zero-order valence-corrected chi connectivity index (χ0v) is 12.3. The molecular weight excluding hydrogens is 274 g/mol. The smallest absolute Gasteiger partial charge is 0.307 e. The molecule has 0 saturated heterocycles. The highest BCUT2D eigenvalue weighted by atomic mass is 16.5. The molecule has 0 bridgehead atoms. The van der Waals surface area contributed by atoms with Gasteiger partial charge in [-0.05, 0) is 24.5 Å². The van der Waals surface area contributed by atoms with Crippen LogP contribution in [-0.2, 0) is 16.0 Å². The molecule has 1 aliphatic rings. The van der Waals surface area contributed by atoms with Gasteiger partial charge in [-0.2, -0.15) is 0 Å². The molecule has 21 heavy (non-hydrogen) atoms. The number of benzene rings is 1. The van der Waals surface area contributed by atoms with Gasteiger partial charge in [-0.1, -0.05) is 6.92 Å². The van der Waals surface area contributed by atoms with E-state index in [0.717, 1.165) is 5.56 Å². The van der Waals surface area contributed by atoms with Crippen LogP contribution in [0.15, 0.2) is 12.1 Å². The van der Waals surface area contributed by atoms with Crippen molar-refractivity contribution in [1.29, 1.82) is 0 Å². The van der Waals surface area contributed by atoms with E-state index in [4.69, 9.17) is 9.47 Å². The number of aliphatic carboxylic acids is 1. The van der Waals surface area contributed by atoms with Gasteiger partial charge in [0.2, 0.25) is 5.91 Å². The Morgan fingerprint density at radius 2 is 2.00 bits per heavy atom. The Labute approximate surface area is 123 Å². The van der Waals surface area contributed by atoms with E-state index in [0.29, 0.717) is 30.0 Å². The number of methoxy groups -OCH3 is 2. The van der Waals surface area contributed by atoms with Gasteiger partial charge in [0.15, 0.2) is 11.5 Å². The molecule has 2 unspecified atom stereocenters. The third kappa shape index (κ3) is 2.79. The van der Waals surface area contributed by atoms with Crippen molar-refractivity contribution in [3.8, 4) is 11.5 Å². The topological polar surface area (TPSA) is 84.9 Å². The Morgan fingerprint density at radius 3 is 2.52 bits per heavy atom. The zero-order chi connectivity index (χ0) is 15.6. The normalized spacial score (nSPS) is 18.4. The molecule has 6 nitrogen and oxygen atoms in total. The molecule has 1 aromatic rings. The van der Waals surface area contributed by atoms with Gasteiger partial charge < -0.3 is 19.9 Å². The second-order valence-corrected chi connectivity index (χ2v) is 5.02. The van der Waals surface area contributed by atoms with E-state index >= 15 is 0 Å².